The summed E-state index contributed by atoms with van der Waals surface area (Å²) in [6, 6.07) is 4.39. The molecule has 3 heteroatoms. The number of hydrogen-bond donors (Lipinski definition) is 0. The lowest BCUT2D eigenvalue weighted by Gasteiger charge is -2.29. The average molecular weight is 291 g/mol. The van der Waals surface area contributed by atoms with E-state index in [1.54, 1.807) is 12.1 Å². The third-order valence-electron chi connectivity index (χ3n) is 3.38. The van der Waals surface area contributed by atoms with E-state index in [4.69, 9.17) is 0 Å². The Morgan fingerprint density at radius 1 is 1.19 bits per heavy atom. The van der Waals surface area contributed by atoms with E-state index in [9.17, 15) is 8.78 Å². The summed E-state index contributed by atoms with van der Waals surface area (Å²) in [5, 5.41) is 0.808. The second-order valence-corrected chi connectivity index (χ2v) is 4.79. The Morgan fingerprint density at radius 2 is 1.81 bits per heavy atom. The van der Waals surface area contributed by atoms with Gasteiger partial charge in [0.2, 0.25) is 0 Å². The highest BCUT2D eigenvalue weighted by molar-refractivity contribution is 9.09. The third-order valence-corrected chi connectivity index (χ3v) is 4.57. The van der Waals surface area contributed by atoms with Gasteiger partial charge < -0.3 is 0 Å². The maximum atomic E-state index is 13.6. The Hall–Kier alpha value is -0.440. The largest absolute Gasteiger partial charge is 0.204 e. The minimum absolute atomic E-state index is 0.0225. The Kier molecular flexibility index (Phi) is 4.90. The summed E-state index contributed by atoms with van der Waals surface area (Å²) < 4.78 is 26.6. The van der Waals surface area contributed by atoms with Gasteiger partial charge in [-0.15, -0.1) is 0 Å². The van der Waals surface area contributed by atoms with Gasteiger partial charge in [-0.25, -0.2) is 8.78 Å². The predicted octanol–water partition coefficient (Wildman–Crippen LogP) is 4.71. The second-order valence-electron chi connectivity index (χ2n) is 4.23. The molecule has 0 fully saturated rings. The van der Waals surface area contributed by atoms with E-state index in [2.05, 4.69) is 29.8 Å². The molecule has 90 valence electrons. The lowest BCUT2D eigenvalue weighted by atomic mass is 9.79. The normalized spacial score (nSPS) is 11.8. The maximum absolute atomic E-state index is 13.6. The molecule has 1 rings (SSSR count). The summed E-state index contributed by atoms with van der Waals surface area (Å²) in [6.45, 7) is 4.17. The molecular weight excluding hydrogens is 274 g/mol. The van der Waals surface area contributed by atoms with Crippen LogP contribution in [0.5, 0.6) is 0 Å². The van der Waals surface area contributed by atoms with Crippen molar-refractivity contribution in [1.82, 2.24) is 0 Å². The van der Waals surface area contributed by atoms with Crippen molar-refractivity contribution in [3.05, 3.63) is 35.4 Å². The minimum atomic E-state index is -0.756. The zero-order valence-corrected chi connectivity index (χ0v) is 11.3. The summed E-state index contributed by atoms with van der Waals surface area (Å²) in [5.74, 6) is -1.46. The van der Waals surface area contributed by atoms with Gasteiger partial charge in [-0.05, 0) is 36.3 Å². The van der Waals surface area contributed by atoms with Crippen LogP contribution in [0.15, 0.2) is 18.2 Å². The fraction of sp³-hybridized carbons (Fsp3) is 0.538. The lowest BCUT2D eigenvalue weighted by Crippen LogP contribution is -2.24. The highest BCUT2D eigenvalue weighted by Gasteiger charge is 2.26. The van der Waals surface area contributed by atoms with Gasteiger partial charge in [0.1, 0.15) is 0 Å². The molecule has 1 aromatic carbocycles. The van der Waals surface area contributed by atoms with Gasteiger partial charge >= 0.3 is 0 Å². The van der Waals surface area contributed by atoms with Gasteiger partial charge in [0.05, 0.1) is 0 Å². The number of benzene rings is 1. The first-order valence-electron chi connectivity index (χ1n) is 5.57. The molecule has 0 aliphatic carbocycles. The highest BCUT2D eigenvalue weighted by Crippen LogP contribution is 2.33. The molecule has 0 spiro atoms. The summed E-state index contributed by atoms with van der Waals surface area (Å²) in [6.07, 6.45) is 2.48. The molecule has 0 radical (unpaired) electrons. The molecule has 0 unspecified atom stereocenters. The molecule has 0 N–H and O–H groups in total. The quantitative estimate of drug-likeness (QED) is 0.689. The first kappa shape index (κ1) is 13.6. The molecule has 16 heavy (non-hydrogen) atoms. The zero-order chi connectivity index (χ0) is 12.2. The van der Waals surface area contributed by atoms with Gasteiger partial charge in [-0.2, -0.15) is 0 Å². The van der Waals surface area contributed by atoms with E-state index in [-0.39, 0.29) is 5.41 Å². The van der Waals surface area contributed by atoms with Crippen LogP contribution in [0.1, 0.15) is 32.3 Å². The number of hydrogen-bond acceptors (Lipinski definition) is 0. The van der Waals surface area contributed by atoms with Crippen LogP contribution < -0.4 is 0 Å². The average Bonchev–Trinajstić information content (AvgIpc) is 2.32. The summed E-state index contributed by atoms with van der Waals surface area (Å²) in [7, 11) is 0. The van der Waals surface area contributed by atoms with Crippen LogP contribution in [-0.4, -0.2) is 5.33 Å². The van der Waals surface area contributed by atoms with Gasteiger partial charge in [-0.3, -0.25) is 0 Å². The first-order chi connectivity index (χ1) is 7.58. The van der Waals surface area contributed by atoms with Crippen LogP contribution in [0, 0.1) is 17.0 Å². The van der Waals surface area contributed by atoms with Crippen LogP contribution in [0.3, 0.4) is 0 Å². The molecule has 0 aromatic heterocycles. The molecule has 0 amide bonds. The van der Waals surface area contributed by atoms with Gasteiger partial charge in [0.15, 0.2) is 11.6 Å². The fourth-order valence-electron chi connectivity index (χ4n) is 1.83. The predicted molar refractivity (Wildman–Crippen MR) is 66.9 cm³/mol. The van der Waals surface area contributed by atoms with Crippen molar-refractivity contribution < 1.29 is 8.78 Å². The topological polar surface area (TPSA) is 0 Å². The van der Waals surface area contributed by atoms with Gasteiger partial charge in [0.25, 0.3) is 0 Å². The molecule has 0 nitrogen and oxygen atoms in total. The van der Waals surface area contributed by atoms with E-state index >= 15 is 0 Å². The number of halogens is 3. The summed E-state index contributed by atoms with van der Waals surface area (Å²) in [4.78, 5) is 0. The Labute approximate surface area is 104 Å². The third kappa shape index (κ3) is 2.82. The lowest BCUT2D eigenvalue weighted by molar-refractivity contribution is 0.301. The Balaban J connectivity index is 2.98. The minimum Gasteiger partial charge on any atom is -0.204 e. The molecule has 0 saturated heterocycles. The van der Waals surface area contributed by atoms with Crippen LogP contribution in [0.4, 0.5) is 8.78 Å². The Morgan fingerprint density at radius 3 is 2.31 bits per heavy atom. The van der Waals surface area contributed by atoms with Crippen molar-refractivity contribution in [2.75, 3.05) is 5.33 Å². The number of rotatable bonds is 5. The monoisotopic (exact) mass is 290 g/mol. The van der Waals surface area contributed by atoms with Crippen LogP contribution in [0.2, 0.25) is 0 Å². The maximum Gasteiger partial charge on any atom is 0.162 e. The van der Waals surface area contributed by atoms with Crippen molar-refractivity contribution in [1.29, 1.82) is 0 Å². The Bertz CT molecular complexity index is 338. The molecule has 0 atom stereocenters. The number of alkyl halides is 1. The van der Waals surface area contributed by atoms with Crippen LogP contribution in [0.25, 0.3) is 0 Å². The van der Waals surface area contributed by atoms with E-state index < -0.39 is 11.6 Å². The van der Waals surface area contributed by atoms with Crippen molar-refractivity contribution in [2.24, 2.45) is 5.41 Å². The van der Waals surface area contributed by atoms with E-state index in [1.165, 1.54) is 0 Å². The molecule has 0 saturated carbocycles. The van der Waals surface area contributed by atoms with Crippen molar-refractivity contribution in [2.45, 2.75) is 33.1 Å². The van der Waals surface area contributed by atoms with E-state index in [1.807, 2.05) is 0 Å². The SMILES string of the molecule is CCC(CC)(CBr)Cc1cccc(F)c1F. The van der Waals surface area contributed by atoms with Crippen molar-refractivity contribution in [3.63, 3.8) is 0 Å². The van der Waals surface area contributed by atoms with Crippen LogP contribution in [-0.2, 0) is 6.42 Å². The fourth-order valence-corrected chi connectivity index (χ4v) is 2.82. The molecule has 0 aliphatic heterocycles. The zero-order valence-electron chi connectivity index (χ0n) is 9.69. The molecule has 0 aliphatic rings. The second kappa shape index (κ2) is 5.76. The standard InChI is InChI=1S/C13H17BrF2/c1-3-13(4-2,9-14)8-10-6-5-7-11(15)12(10)16/h5-7H,3-4,8-9H2,1-2H3. The first-order valence-corrected chi connectivity index (χ1v) is 6.69. The molecule has 0 bridgehead atoms. The van der Waals surface area contributed by atoms with Crippen molar-refractivity contribution in [3.8, 4) is 0 Å². The molecular formula is C13H17BrF2. The van der Waals surface area contributed by atoms with Gasteiger partial charge in [-0.1, -0.05) is 41.9 Å². The molecule has 1 aromatic rings. The highest BCUT2D eigenvalue weighted by atomic mass is 79.9. The van der Waals surface area contributed by atoms with Crippen LogP contribution >= 0.6 is 15.9 Å². The van der Waals surface area contributed by atoms with Crippen molar-refractivity contribution >= 4 is 15.9 Å². The summed E-state index contributed by atoms with van der Waals surface area (Å²) >= 11 is 3.48. The van der Waals surface area contributed by atoms with Gasteiger partial charge in [0, 0.05) is 5.33 Å². The van der Waals surface area contributed by atoms with E-state index in [0.717, 1.165) is 24.2 Å². The van der Waals surface area contributed by atoms with E-state index in [0.29, 0.717) is 12.0 Å². The smallest absolute Gasteiger partial charge is 0.162 e. The summed E-state index contributed by atoms with van der Waals surface area (Å²) in [5.41, 5.74) is 0.498. The molecule has 0 heterocycles.